The number of halogens is 4. The second-order valence-electron chi connectivity index (χ2n) is 7.92. The van der Waals surface area contributed by atoms with E-state index in [9.17, 15) is 23.1 Å². The van der Waals surface area contributed by atoms with Crippen molar-refractivity contribution in [3.05, 3.63) is 64.7 Å². The minimum Gasteiger partial charge on any atom is -0.390 e. The summed E-state index contributed by atoms with van der Waals surface area (Å²) in [5.74, 6) is -0.137. The molecule has 1 N–H and O–H groups in total. The van der Waals surface area contributed by atoms with Crippen LogP contribution in [0.1, 0.15) is 15.9 Å². The van der Waals surface area contributed by atoms with Crippen LogP contribution in [0.3, 0.4) is 0 Å². The van der Waals surface area contributed by atoms with Crippen molar-refractivity contribution in [3.8, 4) is 0 Å². The molecule has 2 aromatic rings. The Morgan fingerprint density at radius 2 is 1.55 bits per heavy atom. The molecule has 0 aromatic heterocycles. The number of amides is 1. The number of likely N-dealkylation sites (tertiary alicyclic amines) is 1. The molecule has 2 aliphatic rings. The minimum atomic E-state index is -4.34. The zero-order chi connectivity index (χ0) is 22.2. The van der Waals surface area contributed by atoms with Crippen LogP contribution in [0.5, 0.6) is 0 Å². The van der Waals surface area contributed by atoms with Crippen LogP contribution in [-0.2, 0) is 6.18 Å². The van der Waals surface area contributed by atoms with E-state index in [1.54, 1.807) is 29.2 Å². The van der Waals surface area contributed by atoms with E-state index in [1.807, 2.05) is 4.90 Å². The summed E-state index contributed by atoms with van der Waals surface area (Å²) in [7, 11) is 0. The molecule has 2 fully saturated rings. The zero-order valence-electron chi connectivity index (χ0n) is 16.7. The number of hydrogen-bond donors (Lipinski definition) is 1. The smallest absolute Gasteiger partial charge is 0.390 e. The molecule has 2 unspecified atom stereocenters. The Morgan fingerprint density at radius 1 is 0.935 bits per heavy atom. The first-order valence-corrected chi connectivity index (χ1v) is 10.5. The zero-order valence-corrected chi connectivity index (χ0v) is 17.5. The van der Waals surface area contributed by atoms with Crippen LogP contribution in [-0.4, -0.2) is 72.2 Å². The van der Waals surface area contributed by atoms with Crippen LogP contribution in [0, 0.1) is 0 Å². The van der Waals surface area contributed by atoms with Gasteiger partial charge in [-0.2, -0.15) is 13.2 Å². The van der Waals surface area contributed by atoms with E-state index in [-0.39, 0.29) is 18.5 Å². The molecule has 31 heavy (non-hydrogen) atoms. The molecule has 4 rings (SSSR count). The number of hydrogen-bond acceptors (Lipinski definition) is 4. The largest absolute Gasteiger partial charge is 0.416 e. The van der Waals surface area contributed by atoms with Gasteiger partial charge in [0.2, 0.25) is 0 Å². The lowest BCUT2D eigenvalue weighted by Gasteiger charge is -2.39. The molecule has 9 heteroatoms. The highest BCUT2D eigenvalue weighted by atomic mass is 35.5. The van der Waals surface area contributed by atoms with E-state index in [0.29, 0.717) is 43.3 Å². The maximum absolute atomic E-state index is 12.8. The van der Waals surface area contributed by atoms with E-state index >= 15 is 0 Å². The molecule has 2 atom stereocenters. The quantitative estimate of drug-likeness (QED) is 0.774. The number of rotatable bonds is 3. The number of piperazine rings is 1. The van der Waals surface area contributed by atoms with Crippen molar-refractivity contribution in [3.63, 3.8) is 0 Å². The van der Waals surface area contributed by atoms with Gasteiger partial charge in [0.1, 0.15) is 0 Å². The number of benzene rings is 2. The van der Waals surface area contributed by atoms with Crippen molar-refractivity contribution in [2.45, 2.75) is 18.3 Å². The number of carbonyl (C=O) groups is 1. The van der Waals surface area contributed by atoms with Gasteiger partial charge >= 0.3 is 6.18 Å². The van der Waals surface area contributed by atoms with Gasteiger partial charge in [0.05, 0.1) is 17.7 Å². The van der Waals surface area contributed by atoms with Gasteiger partial charge in [0.15, 0.2) is 0 Å². The lowest BCUT2D eigenvalue weighted by molar-refractivity contribution is -0.137. The maximum Gasteiger partial charge on any atom is 0.416 e. The third kappa shape index (κ3) is 4.81. The third-order valence-corrected chi connectivity index (χ3v) is 6.23. The van der Waals surface area contributed by atoms with Gasteiger partial charge in [-0.25, -0.2) is 0 Å². The first-order valence-electron chi connectivity index (χ1n) is 10.1. The Balaban J connectivity index is 1.34. The van der Waals surface area contributed by atoms with E-state index < -0.39 is 17.8 Å². The molecule has 2 saturated heterocycles. The summed E-state index contributed by atoms with van der Waals surface area (Å²) in [6.45, 7) is 3.30. The van der Waals surface area contributed by atoms with Crippen LogP contribution in [0.2, 0.25) is 5.02 Å². The molecule has 2 aliphatic heterocycles. The van der Waals surface area contributed by atoms with Crippen LogP contribution in [0.25, 0.3) is 0 Å². The highest BCUT2D eigenvalue weighted by molar-refractivity contribution is 6.30. The maximum atomic E-state index is 12.8. The number of nitrogens with zero attached hydrogens (tertiary/aromatic N) is 3. The standard InChI is InChI=1S/C22H23ClF3N3O2/c23-17-5-1-15(2-6-17)21(31)29-13-19(20(30)14-29)28-11-9-27(10-12-28)18-7-3-16(4-8-18)22(24,25)26/h1-8,19-20,30H,9-14H2. The summed E-state index contributed by atoms with van der Waals surface area (Å²) >= 11 is 5.88. The van der Waals surface area contributed by atoms with E-state index in [0.717, 1.165) is 17.8 Å². The van der Waals surface area contributed by atoms with Crippen LogP contribution < -0.4 is 4.90 Å². The normalized spacial score (nSPS) is 22.7. The number of aliphatic hydroxyl groups is 1. The second-order valence-corrected chi connectivity index (χ2v) is 8.36. The Bertz CT molecular complexity index is 913. The van der Waals surface area contributed by atoms with E-state index in [4.69, 9.17) is 11.6 Å². The van der Waals surface area contributed by atoms with Crippen molar-refractivity contribution in [2.75, 3.05) is 44.2 Å². The number of alkyl halides is 3. The second kappa shape index (κ2) is 8.68. The fraction of sp³-hybridized carbons (Fsp3) is 0.409. The van der Waals surface area contributed by atoms with Gasteiger partial charge in [-0.05, 0) is 48.5 Å². The summed E-state index contributed by atoms with van der Waals surface area (Å²) in [5, 5.41) is 11.1. The van der Waals surface area contributed by atoms with Crippen molar-refractivity contribution < 1.29 is 23.1 Å². The molecule has 2 heterocycles. The Morgan fingerprint density at radius 3 is 2.13 bits per heavy atom. The summed E-state index contributed by atoms with van der Waals surface area (Å²) in [5.41, 5.74) is 0.623. The number of anilines is 1. The van der Waals surface area contributed by atoms with Crippen LogP contribution in [0.4, 0.5) is 18.9 Å². The highest BCUT2D eigenvalue weighted by Crippen LogP contribution is 2.31. The molecule has 0 radical (unpaired) electrons. The van der Waals surface area contributed by atoms with Crippen molar-refractivity contribution in [1.29, 1.82) is 0 Å². The van der Waals surface area contributed by atoms with E-state index in [2.05, 4.69) is 4.90 Å². The molecular weight excluding hydrogens is 431 g/mol. The Labute approximate surface area is 183 Å². The number of β-amino-alcohol motifs (C(OH)–C–C–N with tert-alkyl or cyclic N) is 1. The van der Waals surface area contributed by atoms with Crippen molar-refractivity contribution >= 4 is 23.2 Å². The summed E-state index contributed by atoms with van der Waals surface area (Å²) in [6, 6.07) is 11.7. The molecular formula is C22H23ClF3N3O2. The lowest BCUT2D eigenvalue weighted by atomic mass is 10.1. The van der Waals surface area contributed by atoms with Gasteiger partial charge in [0.25, 0.3) is 5.91 Å². The third-order valence-electron chi connectivity index (χ3n) is 5.98. The molecule has 0 bridgehead atoms. The minimum absolute atomic E-state index is 0.137. The van der Waals surface area contributed by atoms with Gasteiger partial charge in [-0.3, -0.25) is 9.69 Å². The molecule has 0 spiro atoms. The Kier molecular flexibility index (Phi) is 6.14. The molecule has 1 amide bonds. The van der Waals surface area contributed by atoms with Gasteiger partial charge < -0.3 is 14.9 Å². The van der Waals surface area contributed by atoms with Crippen LogP contribution >= 0.6 is 11.6 Å². The van der Waals surface area contributed by atoms with Gasteiger partial charge in [0, 0.05) is 55.5 Å². The SMILES string of the molecule is O=C(c1ccc(Cl)cc1)N1CC(O)C(N2CCN(c3ccc(C(F)(F)F)cc3)CC2)C1. The van der Waals surface area contributed by atoms with Crippen LogP contribution in [0.15, 0.2) is 48.5 Å². The van der Waals surface area contributed by atoms with Crippen molar-refractivity contribution in [1.82, 2.24) is 9.80 Å². The lowest BCUT2D eigenvalue weighted by Crippen LogP contribution is -2.53. The number of carbonyl (C=O) groups excluding carboxylic acids is 1. The summed E-state index contributed by atoms with van der Waals surface area (Å²) in [4.78, 5) is 18.6. The fourth-order valence-corrected chi connectivity index (χ4v) is 4.37. The summed E-state index contributed by atoms with van der Waals surface area (Å²) < 4.78 is 38.3. The van der Waals surface area contributed by atoms with Gasteiger partial charge in [-0.15, -0.1) is 0 Å². The van der Waals surface area contributed by atoms with E-state index in [1.165, 1.54) is 12.1 Å². The molecule has 166 valence electrons. The first kappa shape index (κ1) is 21.9. The average molecular weight is 454 g/mol. The first-order chi connectivity index (χ1) is 14.7. The molecule has 2 aromatic carbocycles. The fourth-order valence-electron chi connectivity index (χ4n) is 4.24. The predicted molar refractivity (Wildman–Crippen MR) is 112 cm³/mol. The average Bonchev–Trinajstić information content (AvgIpc) is 3.15. The molecule has 0 aliphatic carbocycles. The Hall–Kier alpha value is -2.29. The monoisotopic (exact) mass is 453 g/mol. The van der Waals surface area contributed by atoms with Crippen molar-refractivity contribution in [2.24, 2.45) is 0 Å². The topological polar surface area (TPSA) is 47.0 Å². The summed E-state index contributed by atoms with van der Waals surface area (Å²) in [6.07, 6.45) is -4.99. The van der Waals surface area contributed by atoms with Gasteiger partial charge in [-0.1, -0.05) is 11.6 Å². The molecule has 5 nitrogen and oxygen atoms in total. The molecule has 0 saturated carbocycles. The number of aliphatic hydroxyl groups excluding tert-OH is 1. The highest BCUT2D eigenvalue weighted by Gasteiger charge is 2.39. The predicted octanol–water partition coefficient (Wildman–Crippen LogP) is 3.37.